The normalized spacial score (nSPS) is 10.6. The first-order valence-electron chi connectivity index (χ1n) is 9.26. The number of ether oxygens (including phenoxy) is 1. The Kier molecular flexibility index (Phi) is 5.08. The van der Waals surface area contributed by atoms with Gasteiger partial charge in [0.05, 0.1) is 31.5 Å². The molecule has 0 unspecified atom stereocenters. The lowest BCUT2D eigenvalue weighted by Crippen LogP contribution is -2.10. The Hall–Kier alpha value is -3.91. The second-order valence-electron chi connectivity index (χ2n) is 6.78. The topological polar surface area (TPSA) is 67.9 Å². The number of fused-ring (bicyclic) bond motifs is 1. The van der Waals surface area contributed by atoms with Crippen molar-refractivity contribution in [3.63, 3.8) is 0 Å². The van der Waals surface area contributed by atoms with E-state index in [1.165, 1.54) is 7.11 Å². The van der Waals surface area contributed by atoms with Crippen LogP contribution in [0, 0.1) is 11.3 Å². The first-order chi connectivity index (χ1) is 14.2. The zero-order valence-corrected chi connectivity index (χ0v) is 16.0. The van der Waals surface area contributed by atoms with Gasteiger partial charge in [0.2, 0.25) is 0 Å². The van der Waals surface area contributed by atoms with Crippen LogP contribution in [0.5, 0.6) is 0 Å². The Morgan fingerprint density at radius 1 is 1.10 bits per heavy atom. The van der Waals surface area contributed by atoms with Gasteiger partial charge >= 0.3 is 5.97 Å². The SMILES string of the molecule is COC(=O)Cc1cncn1Cc1ccc(C#N)c(-c2cccc3ccccc23)c1. The third kappa shape index (κ3) is 3.74. The highest BCUT2D eigenvalue weighted by atomic mass is 16.5. The number of aromatic nitrogens is 2. The Labute approximate surface area is 168 Å². The molecule has 0 aliphatic heterocycles. The van der Waals surface area contributed by atoms with Gasteiger partial charge in [-0.05, 0) is 34.0 Å². The van der Waals surface area contributed by atoms with Crippen molar-refractivity contribution in [1.82, 2.24) is 9.55 Å². The van der Waals surface area contributed by atoms with Gasteiger partial charge in [0.25, 0.3) is 0 Å². The summed E-state index contributed by atoms with van der Waals surface area (Å²) in [6.07, 6.45) is 3.54. The first-order valence-corrected chi connectivity index (χ1v) is 9.26. The highest BCUT2D eigenvalue weighted by molar-refractivity contribution is 5.97. The van der Waals surface area contributed by atoms with Gasteiger partial charge in [-0.15, -0.1) is 0 Å². The fraction of sp³-hybridized carbons (Fsp3) is 0.125. The van der Waals surface area contributed by atoms with Gasteiger partial charge in [0, 0.05) is 24.0 Å². The highest BCUT2D eigenvalue weighted by Gasteiger charge is 2.12. The van der Waals surface area contributed by atoms with Crippen molar-refractivity contribution in [1.29, 1.82) is 5.26 Å². The second-order valence-corrected chi connectivity index (χ2v) is 6.78. The minimum atomic E-state index is -0.303. The fourth-order valence-electron chi connectivity index (χ4n) is 3.52. The molecule has 1 aromatic heterocycles. The molecular weight excluding hydrogens is 362 g/mol. The number of hydrogen-bond acceptors (Lipinski definition) is 4. The molecule has 0 aliphatic rings. The van der Waals surface area contributed by atoms with E-state index in [0.29, 0.717) is 12.1 Å². The molecule has 4 rings (SSSR count). The van der Waals surface area contributed by atoms with Crippen LogP contribution in [0.15, 0.2) is 73.2 Å². The highest BCUT2D eigenvalue weighted by Crippen LogP contribution is 2.31. The molecule has 0 atom stereocenters. The quantitative estimate of drug-likeness (QED) is 0.482. The molecule has 142 valence electrons. The van der Waals surface area contributed by atoms with E-state index in [2.05, 4.69) is 29.3 Å². The van der Waals surface area contributed by atoms with E-state index in [1.54, 1.807) is 12.5 Å². The number of imidazole rings is 1. The average Bonchev–Trinajstić information content (AvgIpc) is 3.19. The number of esters is 1. The molecule has 5 heteroatoms. The van der Waals surface area contributed by atoms with Crippen molar-refractivity contribution in [3.05, 3.63) is 90.0 Å². The number of carbonyl (C=O) groups excluding carboxylic acids is 1. The molecule has 0 fully saturated rings. The third-order valence-electron chi connectivity index (χ3n) is 4.99. The van der Waals surface area contributed by atoms with Gasteiger partial charge < -0.3 is 9.30 Å². The minimum Gasteiger partial charge on any atom is -0.469 e. The van der Waals surface area contributed by atoms with Crippen LogP contribution in [0.1, 0.15) is 16.8 Å². The molecule has 0 saturated heterocycles. The van der Waals surface area contributed by atoms with Crippen molar-refractivity contribution in [2.24, 2.45) is 0 Å². The third-order valence-corrected chi connectivity index (χ3v) is 4.99. The Bertz CT molecular complexity index is 1230. The van der Waals surface area contributed by atoms with E-state index < -0.39 is 0 Å². The lowest BCUT2D eigenvalue weighted by molar-refractivity contribution is -0.139. The van der Waals surface area contributed by atoms with Gasteiger partial charge in [-0.2, -0.15) is 5.26 Å². The maximum Gasteiger partial charge on any atom is 0.311 e. The number of benzene rings is 3. The summed E-state index contributed by atoms with van der Waals surface area (Å²) in [7, 11) is 1.38. The molecule has 3 aromatic carbocycles. The standard InChI is InChI=1S/C24H19N3O2/c1-29-24(28)12-20-14-26-16-27(20)15-17-9-10-19(13-25)23(11-17)22-8-4-6-18-5-2-3-7-21(18)22/h2-11,14,16H,12,15H2,1H3. The summed E-state index contributed by atoms with van der Waals surface area (Å²) in [4.78, 5) is 15.8. The maximum absolute atomic E-state index is 11.6. The van der Waals surface area contributed by atoms with E-state index >= 15 is 0 Å². The van der Waals surface area contributed by atoms with Crippen LogP contribution in [-0.2, 0) is 22.5 Å². The number of hydrogen-bond donors (Lipinski definition) is 0. The van der Waals surface area contributed by atoms with Crippen molar-refractivity contribution >= 4 is 16.7 Å². The van der Waals surface area contributed by atoms with Crippen LogP contribution in [0.25, 0.3) is 21.9 Å². The smallest absolute Gasteiger partial charge is 0.311 e. The zero-order chi connectivity index (χ0) is 20.2. The van der Waals surface area contributed by atoms with Crippen molar-refractivity contribution < 1.29 is 9.53 Å². The molecule has 0 bridgehead atoms. The van der Waals surface area contributed by atoms with Crippen LogP contribution < -0.4 is 0 Å². The Balaban J connectivity index is 1.75. The molecule has 0 amide bonds. The monoisotopic (exact) mass is 381 g/mol. The van der Waals surface area contributed by atoms with Gasteiger partial charge in [-0.1, -0.05) is 48.5 Å². The van der Waals surface area contributed by atoms with E-state index in [9.17, 15) is 10.1 Å². The van der Waals surface area contributed by atoms with Gasteiger partial charge in [0.1, 0.15) is 0 Å². The van der Waals surface area contributed by atoms with E-state index in [1.807, 2.05) is 47.0 Å². The maximum atomic E-state index is 11.6. The number of methoxy groups -OCH3 is 1. The fourth-order valence-corrected chi connectivity index (χ4v) is 3.52. The zero-order valence-electron chi connectivity index (χ0n) is 16.0. The molecule has 29 heavy (non-hydrogen) atoms. The molecule has 0 saturated carbocycles. The number of rotatable bonds is 5. The molecule has 4 aromatic rings. The summed E-state index contributed by atoms with van der Waals surface area (Å²) in [5, 5.41) is 11.9. The summed E-state index contributed by atoms with van der Waals surface area (Å²) in [6.45, 7) is 0.551. The van der Waals surface area contributed by atoms with E-state index in [4.69, 9.17) is 4.74 Å². The summed E-state index contributed by atoms with van der Waals surface area (Å²) >= 11 is 0. The van der Waals surface area contributed by atoms with Crippen molar-refractivity contribution in [3.8, 4) is 17.2 Å². The summed E-state index contributed by atoms with van der Waals surface area (Å²) < 4.78 is 6.68. The van der Waals surface area contributed by atoms with Gasteiger partial charge in [-0.3, -0.25) is 4.79 Å². The van der Waals surface area contributed by atoms with Crippen LogP contribution in [0.3, 0.4) is 0 Å². The number of carbonyl (C=O) groups is 1. The predicted molar refractivity (Wildman–Crippen MR) is 111 cm³/mol. The summed E-state index contributed by atoms with van der Waals surface area (Å²) in [5.41, 5.74) is 4.37. The lowest BCUT2D eigenvalue weighted by atomic mass is 9.93. The van der Waals surface area contributed by atoms with Crippen LogP contribution in [0.4, 0.5) is 0 Å². The molecule has 0 N–H and O–H groups in total. The molecular formula is C24H19N3O2. The molecule has 5 nitrogen and oxygen atoms in total. The Morgan fingerprint density at radius 3 is 2.76 bits per heavy atom. The first kappa shape index (κ1) is 18.5. The summed E-state index contributed by atoms with van der Waals surface area (Å²) in [6, 6.07) is 22.4. The molecule has 1 heterocycles. The summed E-state index contributed by atoms with van der Waals surface area (Å²) in [5.74, 6) is -0.303. The number of nitrogens with zero attached hydrogens (tertiary/aromatic N) is 3. The molecule has 0 aliphatic carbocycles. The Morgan fingerprint density at radius 2 is 1.93 bits per heavy atom. The number of nitriles is 1. The van der Waals surface area contributed by atoms with Crippen LogP contribution >= 0.6 is 0 Å². The van der Waals surface area contributed by atoms with E-state index in [0.717, 1.165) is 33.2 Å². The molecule has 0 radical (unpaired) electrons. The van der Waals surface area contributed by atoms with Crippen LogP contribution in [-0.4, -0.2) is 22.6 Å². The lowest BCUT2D eigenvalue weighted by Gasteiger charge is -2.12. The van der Waals surface area contributed by atoms with Gasteiger partial charge in [0.15, 0.2) is 0 Å². The van der Waals surface area contributed by atoms with Crippen molar-refractivity contribution in [2.45, 2.75) is 13.0 Å². The van der Waals surface area contributed by atoms with E-state index in [-0.39, 0.29) is 12.4 Å². The van der Waals surface area contributed by atoms with Crippen molar-refractivity contribution in [2.75, 3.05) is 7.11 Å². The van der Waals surface area contributed by atoms with Crippen LogP contribution in [0.2, 0.25) is 0 Å². The van der Waals surface area contributed by atoms with Gasteiger partial charge in [-0.25, -0.2) is 4.98 Å². The molecule has 0 spiro atoms. The largest absolute Gasteiger partial charge is 0.469 e. The second kappa shape index (κ2) is 7.99. The minimum absolute atomic E-state index is 0.170. The average molecular weight is 381 g/mol. The predicted octanol–water partition coefficient (Wildman–Crippen LogP) is 4.34.